The van der Waals surface area contributed by atoms with Gasteiger partial charge in [-0.05, 0) is 54.6 Å². The lowest BCUT2D eigenvalue weighted by atomic mass is 10.2. The minimum absolute atomic E-state index is 0.0573. The Kier molecular flexibility index (Phi) is 5.24. The van der Waals surface area contributed by atoms with Crippen LogP contribution in [0.5, 0.6) is 0 Å². The molecule has 3 rings (SSSR count). The topological polar surface area (TPSA) is 49.4 Å². The Balaban J connectivity index is 1.74. The molecule has 2 aromatic rings. The maximum Gasteiger partial charge on any atom is 0.295 e. The van der Waals surface area contributed by atoms with E-state index in [1.807, 2.05) is 25.1 Å². The summed E-state index contributed by atoms with van der Waals surface area (Å²) < 4.78 is 14.7. The van der Waals surface area contributed by atoms with Crippen LogP contribution in [0.3, 0.4) is 0 Å². The molecule has 0 unspecified atom stereocenters. The Morgan fingerprint density at radius 2 is 2.00 bits per heavy atom. The van der Waals surface area contributed by atoms with Crippen molar-refractivity contribution < 1.29 is 14.0 Å². The van der Waals surface area contributed by atoms with Crippen molar-refractivity contribution in [1.82, 2.24) is 4.90 Å². The molecule has 1 heterocycles. The Hall–Kier alpha value is -2.12. The summed E-state index contributed by atoms with van der Waals surface area (Å²) in [4.78, 5) is 25.9. The molecule has 1 aliphatic rings. The van der Waals surface area contributed by atoms with E-state index in [4.69, 9.17) is 0 Å². The average Bonchev–Trinajstić information content (AvgIpc) is 2.83. The Morgan fingerprint density at radius 1 is 1.24 bits per heavy atom. The lowest BCUT2D eigenvalue weighted by Gasteiger charge is -2.16. The molecule has 2 amide bonds. The average molecular weight is 421 g/mol. The van der Waals surface area contributed by atoms with E-state index in [0.29, 0.717) is 0 Å². The van der Waals surface area contributed by atoms with E-state index in [9.17, 15) is 14.0 Å². The lowest BCUT2D eigenvalue weighted by Crippen LogP contribution is -2.33. The summed E-state index contributed by atoms with van der Waals surface area (Å²) in [6.45, 7) is 1.99. The fraction of sp³-hybridized carbons (Fsp3) is 0.111. The number of benzene rings is 2. The Morgan fingerprint density at radius 3 is 2.72 bits per heavy atom. The number of rotatable bonds is 4. The molecule has 0 aliphatic carbocycles. The van der Waals surface area contributed by atoms with E-state index in [1.165, 1.54) is 12.1 Å². The predicted molar refractivity (Wildman–Crippen MR) is 102 cm³/mol. The second kappa shape index (κ2) is 7.41. The zero-order valence-corrected chi connectivity index (χ0v) is 15.7. The van der Waals surface area contributed by atoms with Crippen LogP contribution < -0.4 is 5.32 Å². The third kappa shape index (κ3) is 3.93. The number of amides is 2. The van der Waals surface area contributed by atoms with Gasteiger partial charge in [-0.2, -0.15) is 0 Å². The maximum absolute atomic E-state index is 13.7. The fourth-order valence-corrected chi connectivity index (χ4v) is 3.66. The van der Waals surface area contributed by atoms with Crippen LogP contribution in [0.25, 0.3) is 6.08 Å². The number of nitrogens with zero attached hydrogens (tertiary/aromatic N) is 1. The first kappa shape index (κ1) is 17.7. The van der Waals surface area contributed by atoms with E-state index in [2.05, 4.69) is 21.2 Å². The molecule has 0 aromatic heterocycles. The van der Waals surface area contributed by atoms with Crippen molar-refractivity contribution in [2.24, 2.45) is 0 Å². The van der Waals surface area contributed by atoms with Crippen LogP contribution in [0.4, 0.5) is 14.9 Å². The number of carbonyl (C=O) groups excluding carboxylic acids is 2. The summed E-state index contributed by atoms with van der Waals surface area (Å²) in [6.07, 6.45) is 1.41. The van der Waals surface area contributed by atoms with E-state index in [1.54, 1.807) is 18.2 Å². The van der Waals surface area contributed by atoms with Crippen molar-refractivity contribution in [1.29, 1.82) is 0 Å². The molecule has 25 heavy (non-hydrogen) atoms. The first-order valence-corrected chi connectivity index (χ1v) is 9.06. The van der Waals surface area contributed by atoms with Crippen molar-refractivity contribution in [2.45, 2.75) is 6.92 Å². The van der Waals surface area contributed by atoms with Crippen LogP contribution in [0.1, 0.15) is 11.1 Å². The molecular weight excluding hydrogens is 407 g/mol. The maximum atomic E-state index is 13.7. The van der Waals surface area contributed by atoms with Crippen LogP contribution in [0, 0.1) is 12.7 Å². The quantitative estimate of drug-likeness (QED) is 0.706. The van der Waals surface area contributed by atoms with Gasteiger partial charge in [0.1, 0.15) is 5.82 Å². The zero-order chi connectivity index (χ0) is 18.0. The van der Waals surface area contributed by atoms with Gasteiger partial charge in [0.05, 0.1) is 11.6 Å². The highest BCUT2D eigenvalue weighted by atomic mass is 79.9. The van der Waals surface area contributed by atoms with Crippen LogP contribution >= 0.6 is 27.7 Å². The summed E-state index contributed by atoms with van der Waals surface area (Å²) in [5.41, 5.74) is 2.10. The first-order chi connectivity index (χ1) is 12.0. The monoisotopic (exact) mass is 420 g/mol. The van der Waals surface area contributed by atoms with Gasteiger partial charge < -0.3 is 5.32 Å². The third-order valence-corrected chi connectivity index (χ3v) is 5.08. The summed E-state index contributed by atoms with van der Waals surface area (Å²) in [5, 5.41) is 2.71. The van der Waals surface area contributed by atoms with Crippen LogP contribution in [-0.2, 0) is 4.79 Å². The molecule has 1 saturated heterocycles. The number of anilines is 1. The van der Waals surface area contributed by atoms with Crippen molar-refractivity contribution >= 4 is 50.6 Å². The smallest absolute Gasteiger partial charge is 0.295 e. The van der Waals surface area contributed by atoms with Gasteiger partial charge in [0.2, 0.25) is 0 Å². The Bertz CT molecular complexity index is 885. The normalized spacial score (nSPS) is 16.0. The predicted octanol–water partition coefficient (Wildman–Crippen LogP) is 5.00. The molecule has 1 N–H and O–H groups in total. The van der Waals surface area contributed by atoms with Crippen molar-refractivity contribution in [3.8, 4) is 0 Å². The van der Waals surface area contributed by atoms with Crippen molar-refractivity contribution in [2.75, 3.05) is 12.0 Å². The second-order valence-electron chi connectivity index (χ2n) is 5.43. The summed E-state index contributed by atoms with van der Waals surface area (Å²) in [5.74, 6) is -0.863. The largest absolute Gasteiger partial charge is 0.367 e. The molecular formula is C18H14BrFN2O2S. The second-order valence-corrected chi connectivity index (χ2v) is 7.33. The van der Waals surface area contributed by atoms with Crippen molar-refractivity contribution in [3.63, 3.8) is 0 Å². The van der Waals surface area contributed by atoms with Gasteiger partial charge >= 0.3 is 0 Å². The molecule has 4 nitrogen and oxygen atoms in total. The van der Waals surface area contributed by atoms with Gasteiger partial charge in [0, 0.05) is 15.7 Å². The number of carbonyl (C=O) groups is 2. The molecule has 7 heteroatoms. The molecule has 128 valence electrons. The van der Waals surface area contributed by atoms with E-state index in [-0.39, 0.29) is 22.4 Å². The SMILES string of the molecule is Cc1cc(Br)ccc1NCN1C(=O)S/C(=C/c2ccccc2F)C1=O. The number of hydrogen-bond donors (Lipinski definition) is 1. The molecule has 0 radical (unpaired) electrons. The van der Waals surface area contributed by atoms with Gasteiger partial charge in [-0.25, -0.2) is 4.39 Å². The summed E-state index contributed by atoms with van der Waals surface area (Å²) >= 11 is 4.20. The van der Waals surface area contributed by atoms with E-state index in [0.717, 1.165) is 32.4 Å². The highest BCUT2D eigenvalue weighted by molar-refractivity contribution is 9.10. The number of halogens is 2. The molecule has 1 aliphatic heterocycles. The number of hydrogen-bond acceptors (Lipinski definition) is 4. The van der Waals surface area contributed by atoms with Gasteiger partial charge in [-0.15, -0.1) is 0 Å². The highest BCUT2D eigenvalue weighted by Gasteiger charge is 2.35. The van der Waals surface area contributed by atoms with Gasteiger partial charge in [-0.3, -0.25) is 14.5 Å². The minimum Gasteiger partial charge on any atom is -0.367 e. The van der Waals surface area contributed by atoms with Crippen LogP contribution in [-0.4, -0.2) is 22.7 Å². The molecule has 1 fully saturated rings. The van der Waals surface area contributed by atoms with Crippen LogP contribution in [0.15, 0.2) is 51.8 Å². The molecule has 0 bridgehead atoms. The van der Waals surface area contributed by atoms with Gasteiger partial charge in [0.25, 0.3) is 11.1 Å². The first-order valence-electron chi connectivity index (χ1n) is 7.45. The molecule has 0 spiro atoms. The summed E-state index contributed by atoms with van der Waals surface area (Å²) in [6, 6.07) is 11.8. The molecule has 0 saturated carbocycles. The standard InChI is InChI=1S/C18H14BrFN2O2S/c1-11-8-13(19)6-7-15(11)21-10-22-17(23)16(25-18(22)24)9-12-4-2-3-5-14(12)20/h2-9,21H,10H2,1H3/b16-9+. The third-order valence-electron chi connectivity index (χ3n) is 3.68. The van der Waals surface area contributed by atoms with Crippen molar-refractivity contribution in [3.05, 3.63) is 68.8 Å². The number of nitrogens with one attached hydrogen (secondary N) is 1. The lowest BCUT2D eigenvalue weighted by molar-refractivity contribution is -0.122. The van der Waals surface area contributed by atoms with Gasteiger partial charge in [-0.1, -0.05) is 34.1 Å². The Labute approximate surface area is 157 Å². The number of thioether (sulfide) groups is 1. The minimum atomic E-state index is -0.432. The summed E-state index contributed by atoms with van der Waals surface area (Å²) in [7, 11) is 0. The van der Waals surface area contributed by atoms with Gasteiger partial charge in [0.15, 0.2) is 0 Å². The molecule has 0 atom stereocenters. The van der Waals surface area contributed by atoms with E-state index < -0.39 is 11.7 Å². The molecule has 2 aromatic carbocycles. The number of imide groups is 1. The van der Waals surface area contributed by atoms with Crippen LogP contribution in [0.2, 0.25) is 0 Å². The number of aryl methyl sites for hydroxylation is 1. The van der Waals surface area contributed by atoms with E-state index >= 15 is 0 Å². The zero-order valence-electron chi connectivity index (χ0n) is 13.3. The highest BCUT2D eigenvalue weighted by Crippen LogP contribution is 2.32. The fourth-order valence-electron chi connectivity index (χ4n) is 2.36.